The molecule has 0 unspecified atom stereocenters. The highest BCUT2D eigenvalue weighted by atomic mass is 16.5. The van der Waals surface area contributed by atoms with E-state index in [1.54, 1.807) is 7.11 Å². The van der Waals surface area contributed by atoms with Crippen LogP contribution in [0.2, 0.25) is 0 Å². The monoisotopic (exact) mass is 481 g/mol. The fourth-order valence-corrected chi connectivity index (χ4v) is 5.23. The van der Waals surface area contributed by atoms with E-state index in [1.807, 2.05) is 32.0 Å². The van der Waals surface area contributed by atoms with Crippen LogP contribution in [0.25, 0.3) is 16.6 Å². The summed E-state index contributed by atoms with van der Waals surface area (Å²) in [6.07, 6.45) is 4.50. The van der Waals surface area contributed by atoms with Crippen molar-refractivity contribution >= 4 is 22.5 Å². The smallest absolute Gasteiger partial charge is 0.226 e. The Morgan fingerprint density at radius 1 is 1.00 bits per heavy atom. The van der Waals surface area contributed by atoms with Gasteiger partial charge >= 0.3 is 0 Å². The van der Waals surface area contributed by atoms with Gasteiger partial charge in [-0.3, -0.25) is 9.69 Å². The summed E-state index contributed by atoms with van der Waals surface area (Å²) in [4.78, 5) is 14.7. The van der Waals surface area contributed by atoms with Crippen LogP contribution in [-0.4, -0.2) is 35.6 Å². The summed E-state index contributed by atoms with van der Waals surface area (Å²) in [5.74, 6) is 1.45. The van der Waals surface area contributed by atoms with Crippen LogP contribution in [0.15, 0.2) is 79.0 Å². The Bertz CT molecular complexity index is 1330. The molecule has 0 spiro atoms. The number of anilines is 1. The number of nitrogens with zero attached hydrogens (tertiary/aromatic N) is 2. The normalized spacial score (nSPS) is 14.9. The molecule has 186 valence electrons. The summed E-state index contributed by atoms with van der Waals surface area (Å²) in [6.45, 7) is 6.86. The number of nitrogens with one attached hydrogen (secondary N) is 1. The number of carbonyl (C=O) groups excluding carboxylic acids is 1. The number of benzene rings is 3. The molecule has 1 aliphatic rings. The van der Waals surface area contributed by atoms with Gasteiger partial charge in [-0.1, -0.05) is 56.3 Å². The lowest BCUT2D eigenvalue weighted by Gasteiger charge is -2.32. The van der Waals surface area contributed by atoms with Crippen molar-refractivity contribution in [2.75, 3.05) is 25.5 Å². The summed E-state index contributed by atoms with van der Waals surface area (Å²) in [6, 6.07) is 25.2. The summed E-state index contributed by atoms with van der Waals surface area (Å²) >= 11 is 0. The van der Waals surface area contributed by atoms with E-state index in [4.69, 9.17) is 4.74 Å². The Labute approximate surface area is 213 Å². The van der Waals surface area contributed by atoms with Crippen molar-refractivity contribution in [3.8, 4) is 11.4 Å². The van der Waals surface area contributed by atoms with Gasteiger partial charge in [0.1, 0.15) is 5.75 Å². The molecule has 1 aromatic heterocycles. The number of aromatic nitrogens is 1. The van der Waals surface area contributed by atoms with Crippen molar-refractivity contribution in [1.29, 1.82) is 0 Å². The summed E-state index contributed by atoms with van der Waals surface area (Å²) < 4.78 is 8.00. The largest absolute Gasteiger partial charge is 0.495 e. The maximum atomic E-state index is 12.1. The average molecular weight is 482 g/mol. The molecule has 4 aromatic rings. The van der Waals surface area contributed by atoms with Gasteiger partial charge in [0.15, 0.2) is 0 Å². The third-order valence-corrected chi connectivity index (χ3v) is 7.26. The molecular weight excluding hydrogens is 446 g/mol. The van der Waals surface area contributed by atoms with Gasteiger partial charge in [-0.2, -0.15) is 0 Å². The molecule has 1 fully saturated rings. The van der Waals surface area contributed by atoms with Gasteiger partial charge in [-0.15, -0.1) is 0 Å². The second kappa shape index (κ2) is 10.6. The van der Waals surface area contributed by atoms with Gasteiger partial charge in [0.05, 0.1) is 12.6 Å². The van der Waals surface area contributed by atoms with Crippen LogP contribution >= 0.6 is 0 Å². The Morgan fingerprint density at radius 2 is 1.75 bits per heavy atom. The minimum absolute atomic E-state index is 0.0234. The highest BCUT2D eigenvalue weighted by Crippen LogP contribution is 2.35. The van der Waals surface area contributed by atoms with Crippen LogP contribution in [0.3, 0.4) is 0 Å². The molecule has 0 bridgehead atoms. The molecule has 1 saturated heterocycles. The quantitative estimate of drug-likeness (QED) is 0.323. The maximum Gasteiger partial charge on any atom is 0.226 e. The molecular formula is C31H35N3O2. The fourth-order valence-electron chi connectivity index (χ4n) is 5.23. The minimum Gasteiger partial charge on any atom is -0.495 e. The van der Waals surface area contributed by atoms with E-state index in [9.17, 15) is 4.79 Å². The third-order valence-electron chi connectivity index (χ3n) is 7.26. The zero-order chi connectivity index (χ0) is 25.1. The molecule has 1 N–H and O–H groups in total. The van der Waals surface area contributed by atoms with E-state index >= 15 is 0 Å². The van der Waals surface area contributed by atoms with Gasteiger partial charge in [0.25, 0.3) is 0 Å². The third kappa shape index (κ3) is 5.02. The van der Waals surface area contributed by atoms with E-state index in [-0.39, 0.29) is 11.8 Å². The molecule has 36 heavy (non-hydrogen) atoms. The first kappa shape index (κ1) is 24.1. The van der Waals surface area contributed by atoms with Crippen molar-refractivity contribution in [3.05, 3.63) is 90.1 Å². The predicted molar refractivity (Wildman–Crippen MR) is 147 cm³/mol. The van der Waals surface area contributed by atoms with Gasteiger partial charge in [-0.25, -0.2) is 0 Å². The van der Waals surface area contributed by atoms with Crippen LogP contribution in [0.5, 0.6) is 5.75 Å². The van der Waals surface area contributed by atoms with Gasteiger partial charge in [0.2, 0.25) is 5.91 Å². The van der Waals surface area contributed by atoms with Gasteiger partial charge in [-0.05, 0) is 73.3 Å². The molecule has 0 atom stereocenters. The van der Waals surface area contributed by atoms with E-state index in [1.165, 1.54) is 16.5 Å². The van der Waals surface area contributed by atoms with E-state index in [2.05, 4.69) is 75.6 Å². The molecule has 3 aromatic carbocycles. The van der Waals surface area contributed by atoms with Crippen molar-refractivity contribution in [3.63, 3.8) is 0 Å². The zero-order valence-electron chi connectivity index (χ0n) is 21.4. The number of amides is 1. The standard InChI is InChI=1S/C31H35N3O2/c1-22(2)31(35)32-26-10-7-9-24(19-26)23-15-17-33(18-16-23)20-25-21-34(27-11-5-4-6-12-27)30-28(25)13-8-14-29(30)36-3/h4-14,19,21-23H,15-18,20H2,1-3H3,(H,32,35). The molecule has 1 amide bonds. The number of rotatable bonds is 7. The van der Waals surface area contributed by atoms with Gasteiger partial charge in [0, 0.05) is 35.4 Å². The molecule has 0 radical (unpaired) electrons. The second-order valence-corrected chi connectivity index (χ2v) is 10.0. The SMILES string of the molecule is COc1cccc2c(CN3CCC(c4cccc(NC(=O)C(C)C)c4)CC3)cn(-c3ccccc3)c12. The number of fused-ring (bicyclic) bond motifs is 1. The van der Waals surface area contributed by atoms with Crippen molar-refractivity contribution in [2.24, 2.45) is 5.92 Å². The number of methoxy groups -OCH3 is 1. The Hall–Kier alpha value is -3.57. The maximum absolute atomic E-state index is 12.1. The van der Waals surface area contributed by atoms with Crippen LogP contribution < -0.4 is 10.1 Å². The minimum atomic E-state index is -0.0234. The lowest BCUT2D eigenvalue weighted by molar-refractivity contribution is -0.118. The molecule has 5 rings (SSSR count). The Balaban J connectivity index is 1.31. The molecule has 1 aliphatic heterocycles. The first-order valence-corrected chi connectivity index (χ1v) is 12.9. The van der Waals surface area contributed by atoms with E-state index < -0.39 is 0 Å². The lowest BCUT2D eigenvalue weighted by atomic mass is 9.89. The van der Waals surface area contributed by atoms with Crippen LogP contribution in [0, 0.1) is 5.92 Å². The van der Waals surface area contributed by atoms with Crippen LogP contribution in [0.1, 0.15) is 43.7 Å². The lowest BCUT2D eigenvalue weighted by Crippen LogP contribution is -2.32. The number of hydrogen-bond donors (Lipinski definition) is 1. The van der Waals surface area contributed by atoms with Gasteiger partial charge < -0.3 is 14.6 Å². The molecule has 0 aliphatic carbocycles. The first-order chi connectivity index (χ1) is 17.5. The highest BCUT2D eigenvalue weighted by Gasteiger charge is 2.23. The van der Waals surface area contributed by atoms with Crippen molar-refractivity contribution in [1.82, 2.24) is 9.47 Å². The molecule has 5 nitrogen and oxygen atoms in total. The van der Waals surface area contributed by atoms with E-state index in [0.717, 1.165) is 55.1 Å². The second-order valence-electron chi connectivity index (χ2n) is 10.0. The van der Waals surface area contributed by atoms with Crippen LogP contribution in [-0.2, 0) is 11.3 Å². The fraction of sp³-hybridized carbons (Fsp3) is 0.323. The topological polar surface area (TPSA) is 46.5 Å². The molecule has 5 heteroatoms. The van der Waals surface area contributed by atoms with Crippen molar-refractivity contribution < 1.29 is 9.53 Å². The number of hydrogen-bond acceptors (Lipinski definition) is 3. The number of likely N-dealkylation sites (tertiary alicyclic amines) is 1. The summed E-state index contributed by atoms with van der Waals surface area (Å²) in [5.41, 5.74) is 5.81. The number of piperidine rings is 1. The van der Waals surface area contributed by atoms with Crippen LogP contribution in [0.4, 0.5) is 5.69 Å². The number of carbonyl (C=O) groups is 1. The predicted octanol–water partition coefficient (Wildman–Crippen LogP) is 6.61. The zero-order valence-corrected chi connectivity index (χ0v) is 21.4. The highest BCUT2D eigenvalue weighted by molar-refractivity contribution is 5.92. The average Bonchev–Trinajstić information content (AvgIpc) is 3.28. The first-order valence-electron chi connectivity index (χ1n) is 12.9. The van der Waals surface area contributed by atoms with Crippen molar-refractivity contribution in [2.45, 2.75) is 39.2 Å². The number of ether oxygens (including phenoxy) is 1. The van der Waals surface area contributed by atoms with E-state index in [0.29, 0.717) is 5.92 Å². The Morgan fingerprint density at radius 3 is 2.47 bits per heavy atom. The molecule has 2 heterocycles. The Kier molecular flexibility index (Phi) is 7.10. The molecule has 0 saturated carbocycles. The summed E-state index contributed by atoms with van der Waals surface area (Å²) in [7, 11) is 1.74. The summed E-state index contributed by atoms with van der Waals surface area (Å²) in [5, 5.41) is 4.29. The number of para-hydroxylation sites is 2.